The largest absolute Gasteiger partial charge is 0.389 e. The molecule has 1 aliphatic heterocycles. The highest BCUT2D eigenvalue weighted by Crippen LogP contribution is 2.19. The number of aromatic nitrogens is 1. The standard InChI is InChI=1S/C7H9N3OS/c8-6-5(9-4-12-6)7(11)10-2-1-3-10/h4H,1-3,8H2. The number of hydrogen-bond donors (Lipinski definition) is 1. The quantitative estimate of drug-likeness (QED) is 0.692. The Bertz CT molecular complexity index is 305. The second kappa shape index (κ2) is 2.75. The zero-order chi connectivity index (χ0) is 8.55. The SMILES string of the molecule is Nc1scnc1C(=O)N1CCC1. The van der Waals surface area contributed by atoms with Crippen molar-refractivity contribution in [3.8, 4) is 0 Å². The first kappa shape index (κ1) is 7.54. The van der Waals surface area contributed by atoms with E-state index in [1.807, 2.05) is 0 Å². The van der Waals surface area contributed by atoms with Crippen molar-refractivity contribution in [1.82, 2.24) is 9.88 Å². The van der Waals surface area contributed by atoms with Crippen molar-refractivity contribution in [3.05, 3.63) is 11.2 Å². The third kappa shape index (κ3) is 1.06. The highest BCUT2D eigenvalue weighted by atomic mass is 32.1. The minimum atomic E-state index is -0.0278. The summed E-state index contributed by atoms with van der Waals surface area (Å²) in [6.07, 6.45) is 1.09. The lowest BCUT2D eigenvalue weighted by molar-refractivity contribution is 0.0647. The Morgan fingerprint density at radius 1 is 1.67 bits per heavy atom. The number of hydrogen-bond acceptors (Lipinski definition) is 4. The highest BCUT2D eigenvalue weighted by Gasteiger charge is 2.24. The lowest BCUT2D eigenvalue weighted by Crippen LogP contribution is -2.42. The van der Waals surface area contributed by atoms with Gasteiger partial charge in [0.15, 0.2) is 5.69 Å². The van der Waals surface area contributed by atoms with Gasteiger partial charge in [0.25, 0.3) is 5.91 Å². The molecule has 2 rings (SSSR count). The van der Waals surface area contributed by atoms with E-state index in [1.165, 1.54) is 11.3 Å². The normalized spacial score (nSPS) is 15.8. The van der Waals surface area contributed by atoms with Crippen molar-refractivity contribution in [2.45, 2.75) is 6.42 Å². The van der Waals surface area contributed by atoms with Crippen molar-refractivity contribution in [3.63, 3.8) is 0 Å². The van der Waals surface area contributed by atoms with Gasteiger partial charge in [-0.05, 0) is 6.42 Å². The zero-order valence-electron chi connectivity index (χ0n) is 6.49. The Morgan fingerprint density at radius 2 is 2.42 bits per heavy atom. The Kier molecular flexibility index (Phi) is 1.73. The minimum Gasteiger partial charge on any atom is -0.389 e. The van der Waals surface area contributed by atoms with E-state index in [0.29, 0.717) is 10.7 Å². The van der Waals surface area contributed by atoms with Crippen LogP contribution in [0, 0.1) is 0 Å². The fraction of sp³-hybridized carbons (Fsp3) is 0.429. The van der Waals surface area contributed by atoms with Crippen LogP contribution in [0.15, 0.2) is 5.51 Å². The molecule has 1 aliphatic rings. The van der Waals surface area contributed by atoms with E-state index in [9.17, 15) is 4.79 Å². The zero-order valence-corrected chi connectivity index (χ0v) is 7.30. The van der Waals surface area contributed by atoms with Crippen LogP contribution in [0.1, 0.15) is 16.9 Å². The van der Waals surface area contributed by atoms with E-state index in [0.717, 1.165) is 19.5 Å². The van der Waals surface area contributed by atoms with Gasteiger partial charge in [0.2, 0.25) is 0 Å². The lowest BCUT2D eigenvalue weighted by Gasteiger charge is -2.30. The molecule has 64 valence electrons. The molecule has 1 fully saturated rings. The van der Waals surface area contributed by atoms with E-state index >= 15 is 0 Å². The van der Waals surface area contributed by atoms with Crippen LogP contribution in [0.4, 0.5) is 5.00 Å². The molecular formula is C7H9N3OS. The molecule has 1 saturated heterocycles. The molecule has 4 nitrogen and oxygen atoms in total. The number of nitrogen functional groups attached to an aromatic ring is 1. The average molecular weight is 183 g/mol. The van der Waals surface area contributed by atoms with Crippen LogP contribution in [-0.2, 0) is 0 Å². The number of nitrogens with two attached hydrogens (primary N) is 1. The van der Waals surface area contributed by atoms with Gasteiger partial charge in [0, 0.05) is 13.1 Å². The van der Waals surface area contributed by atoms with Crippen LogP contribution in [-0.4, -0.2) is 28.9 Å². The minimum absolute atomic E-state index is 0.0278. The molecule has 0 radical (unpaired) electrons. The monoisotopic (exact) mass is 183 g/mol. The third-order valence-corrected chi connectivity index (χ3v) is 2.60. The first-order chi connectivity index (χ1) is 5.79. The Morgan fingerprint density at radius 3 is 2.83 bits per heavy atom. The van der Waals surface area contributed by atoms with Gasteiger partial charge in [-0.2, -0.15) is 0 Å². The summed E-state index contributed by atoms with van der Waals surface area (Å²) in [7, 11) is 0. The number of nitrogens with zero attached hydrogens (tertiary/aromatic N) is 2. The molecular weight excluding hydrogens is 174 g/mol. The van der Waals surface area contributed by atoms with Crippen LogP contribution in [0.3, 0.4) is 0 Å². The van der Waals surface area contributed by atoms with Crippen LogP contribution in [0.25, 0.3) is 0 Å². The van der Waals surface area contributed by atoms with Gasteiger partial charge in [-0.15, -0.1) is 11.3 Å². The number of thiazole rings is 1. The van der Waals surface area contributed by atoms with E-state index in [4.69, 9.17) is 5.73 Å². The molecule has 0 atom stereocenters. The summed E-state index contributed by atoms with van der Waals surface area (Å²) in [5.74, 6) is -0.0278. The number of carbonyl (C=O) groups excluding carboxylic acids is 1. The number of carbonyl (C=O) groups is 1. The Balaban J connectivity index is 2.19. The summed E-state index contributed by atoms with van der Waals surface area (Å²) in [4.78, 5) is 17.2. The Labute approximate surface area is 74.0 Å². The van der Waals surface area contributed by atoms with E-state index in [1.54, 1.807) is 10.4 Å². The molecule has 1 aromatic rings. The highest BCUT2D eigenvalue weighted by molar-refractivity contribution is 7.14. The summed E-state index contributed by atoms with van der Waals surface area (Å²) in [5.41, 5.74) is 7.58. The van der Waals surface area contributed by atoms with Crippen LogP contribution in [0.5, 0.6) is 0 Å². The van der Waals surface area contributed by atoms with Crippen LogP contribution >= 0.6 is 11.3 Å². The van der Waals surface area contributed by atoms with Crippen LogP contribution in [0.2, 0.25) is 0 Å². The molecule has 0 bridgehead atoms. The molecule has 5 heteroatoms. The van der Waals surface area contributed by atoms with Gasteiger partial charge in [-0.3, -0.25) is 4.79 Å². The predicted octanol–water partition coefficient (Wildman–Crippen LogP) is 0.571. The van der Waals surface area contributed by atoms with Crippen molar-refractivity contribution in [2.24, 2.45) is 0 Å². The fourth-order valence-corrected chi connectivity index (χ4v) is 1.61. The fourth-order valence-electron chi connectivity index (χ4n) is 1.08. The van der Waals surface area contributed by atoms with Crippen LogP contribution < -0.4 is 5.73 Å². The second-order valence-electron chi connectivity index (χ2n) is 2.71. The first-order valence-corrected chi connectivity index (χ1v) is 4.65. The molecule has 0 spiro atoms. The third-order valence-electron chi connectivity index (χ3n) is 1.94. The summed E-state index contributed by atoms with van der Waals surface area (Å²) >= 11 is 1.30. The summed E-state index contributed by atoms with van der Waals surface area (Å²) in [6.45, 7) is 1.69. The van der Waals surface area contributed by atoms with Gasteiger partial charge >= 0.3 is 0 Å². The molecule has 0 aromatic carbocycles. The number of amides is 1. The van der Waals surface area contributed by atoms with E-state index < -0.39 is 0 Å². The maximum atomic E-state index is 11.5. The maximum absolute atomic E-state index is 11.5. The van der Waals surface area contributed by atoms with Gasteiger partial charge in [-0.25, -0.2) is 4.98 Å². The molecule has 1 amide bonds. The predicted molar refractivity (Wildman–Crippen MR) is 47.0 cm³/mol. The van der Waals surface area contributed by atoms with E-state index in [2.05, 4.69) is 4.98 Å². The number of likely N-dealkylation sites (tertiary alicyclic amines) is 1. The summed E-state index contributed by atoms with van der Waals surface area (Å²) < 4.78 is 0. The molecule has 1 aromatic heterocycles. The van der Waals surface area contributed by atoms with Gasteiger partial charge in [0.05, 0.1) is 5.51 Å². The van der Waals surface area contributed by atoms with Gasteiger partial charge in [-0.1, -0.05) is 0 Å². The van der Waals surface area contributed by atoms with Gasteiger partial charge in [0.1, 0.15) is 5.00 Å². The van der Waals surface area contributed by atoms with E-state index in [-0.39, 0.29) is 5.91 Å². The molecule has 0 unspecified atom stereocenters. The molecule has 2 heterocycles. The Hall–Kier alpha value is -1.10. The van der Waals surface area contributed by atoms with Crippen molar-refractivity contribution in [2.75, 3.05) is 18.8 Å². The molecule has 2 N–H and O–H groups in total. The molecule has 12 heavy (non-hydrogen) atoms. The smallest absolute Gasteiger partial charge is 0.275 e. The lowest BCUT2D eigenvalue weighted by atomic mass is 10.2. The number of rotatable bonds is 1. The average Bonchev–Trinajstić information content (AvgIpc) is 2.31. The summed E-state index contributed by atoms with van der Waals surface area (Å²) in [5, 5.41) is 0.520. The number of anilines is 1. The van der Waals surface area contributed by atoms with Crippen molar-refractivity contribution < 1.29 is 4.79 Å². The van der Waals surface area contributed by atoms with Crippen molar-refractivity contribution in [1.29, 1.82) is 0 Å². The molecule has 0 aliphatic carbocycles. The second-order valence-corrected chi connectivity index (χ2v) is 3.60. The topological polar surface area (TPSA) is 59.2 Å². The van der Waals surface area contributed by atoms with Gasteiger partial charge < -0.3 is 10.6 Å². The summed E-state index contributed by atoms with van der Waals surface area (Å²) in [6, 6.07) is 0. The maximum Gasteiger partial charge on any atom is 0.275 e. The first-order valence-electron chi connectivity index (χ1n) is 3.77. The molecule has 0 saturated carbocycles. The van der Waals surface area contributed by atoms with Crippen molar-refractivity contribution >= 4 is 22.2 Å².